The first-order valence-electron chi connectivity index (χ1n) is 3.44. The molecule has 0 aromatic rings. The summed E-state index contributed by atoms with van der Waals surface area (Å²) < 4.78 is 19.8. The molecule has 0 spiro atoms. The van der Waals surface area contributed by atoms with Gasteiger partial charge >= 0.3 is 13.6 Å². The zero-order chi connectivity index (χ0) is 10.7. The maximum Gasteiger partial charge on any atom is 0.357 e. The largest absolute Gasteiger partial charge is 0.469 e. The number of esters is 1. The Balaban J connectivity index is 4.66. The molecule has 0 aliphatic rings. The minimum atomic E-state index is -4.48. The summed E-state index contributed by atoms with van der Waals surface area (Å²) in [6.07, 6.45) is -0.482. The molecule has 0 aliphatic carbocycles. The van der Waals surface area contributed by atoms with E-state index in [-0.39, 0.29) is 0 Å². The Bertz CT molecular complexity index is 233. The van der Waals surface area contributed by atoms with Crippen molar-refractivity contribution in [2.45, 2.75) is 18.7 Å². The standard InChI is InChI=1S/C6H13O6P/c1-6(12-3,13(8,9)10)4-5(7)11-2/h4H2,1-3H3,(H2,8,9,10). The fourth-order valence-electron chi connectivity index (χ4n) is 0.634. The second kappa shape index (κ2) is 4.19. The van der Waals surface area contributed by atoms with Gasteiger partial charge in [-0.1, -0.05) is 0 Å². The van der Waals surface area contributed by atoms with Gasteiger partial charge < -0.3 is 19.3 Å². The van der Waals surface area contributed by atoms with E-state index >= 15 is 0 Å². The van der Waals surface area contributed by atoms with E-state index in [1.807, 2.05) is 0 Å². The summed E-state index contributed by atoms with van der Waals surface area (Å²) in [6.45, 7) is 1.16. The zero-order valence-corrected chi connectivity index (χ0v) is 8.58. The van der Waals surface area contributed by atoms with Gasteiger partial charge in [0.25, 0.3) is 0 Å². The Morgan fingerprint density at radius 2 is 1.92 bits per heavy atom. The number of hydrogen-bond acceptors (Lipinski definition) is 4. The zero-order valence-electron chi connectivity index (χ0n) is 7.68. The van der Waals surface area contributed by atoms with Gasteiger partial charge in [-0.05, 0) is 6.92 Å². The summed E-state index contributed by atoms with van der Waals surface area (Å²) in [5.41, 5.74) is 0. The van der Waals surface area contributed by atoms with Gasteiger partial charge in [0.15, 0.2) is 5.34 Å². The molecule has 0 rings (SSSR count). The maximum atomic E-state index is 10.9. The average molecular weight is 212 g/mol. The van der Waals surface area contributed by atoms with E-state index in [9.17, 15) is 9.36 Å². The molecule has 13 heavy (non-hydrogen) atoms. The Labute approximate surface area is 76.0 Å². The summed E-state index contributed by atoms with van der Waals surface area (Å²) >= 11 is 0. The molecular weight excluding hydrogens is 199 g/mol. The highest BCUT2D eigenvalue weighted by Crippen LogP contribution is 2.52. The molecule has 0 amide bonds. The van der Waals surface area contributed by atoms with E-state index in [0.29, 0.717) is 0 Å². The van der Waals surface area contributed by atoms with Gasteiger partial charge in [-0.15, -0.1) is 0 Å². The molecule has 0 aliphatic heterocycles. The molecule has 0 saturated carbocycles. The van der Waals surface area contributed by atoms with Crippen molar-refractivity contribution in [3.63, 3.8) is 0 Å². The van der Waals surface area contributed by atoms with E-state index in [0.717, 1.165) is 21.1 Å². The van der Waals surface area contributed by atoms with Crippen LogP contribution in [0.1, 0.15) is 13.3 Å². The first kappa shape index (κ1) is 12.6. The molecule has 0 aromatic heterocycles. The van der Waals surface area contributed by atoms with E-state index in [2.05, 4.69) is 9.47 Å². The average Bonchev–Trinajstić information content (AvgIpc) is 2.02. The molecule has 1 unspecified atom stereocenters. The lowest BCUT2D eigenvalue weighted by atomic mass is 10.3. The van der Waals surface area contributed by atoms with Crippen LogP contribution in [0.2, 0.25) is 0 Å². The fraction of sp³-hybridized carbons (Fsp3) is 0.833. The number of hydrogen-bond donors (Lipinski definition) is 2. The molecule has 0 saturated heterocycles. The summed E-state index contributed by atoms with van der Waals surface area (Å²) in [6, 6.07) is 0. The SMILES string of the molecule is COC(=O)CC(C)(OC)P(=O)(O)O. The second-order valence-electron chi connectivity index (χ2n) is 2.68. The summed E-state index contributed by atoms with van der Waals surface area (Å²) in [4.78, 5) is 28.5. The Hall–Kier alpha value is -0.420. The fourth-order valence-corrected chi connectivity index (χ4v) is 1.21. The monoisotopic (exact) mass is 212 g/mol. The van der Waals surface area contributed by atoms with E-state index < -0.39 is 25.3 Å². The van der Waals surface area contributed by atoms with Crippen molar-refractivity contribution in [1.82, 2.24) is 0 Å². The molecule has 0 fully saturated rings. The number of methoxy groups -OCH3 is 2. The predicted octanol–water partition coefficient (Wildman–Crippen LogP) is 0.0898. The van der Waals surface area contributed by atoms with Crippen LogP contribution in [-0.2, 0) is 18.8 Å². The van der Waals surface area contributed by atoms with Crippen LogP contribution < -0.4 is 0 Å². The molecule has 0 heterocycles. The van der Waals surface area contributed by atoms with Gasteiger partial charge in [-0.2, -0.15) is 0 Å². The molecule has 78 valence electrons. The highest BCUT2D eigenvalue weighted by atomic mass is 31.2. The molecule has 7 heteroatoms. The van der Waals surface area contributed by atoms with Crippen molar-refractivity contribution >= 4 is 13.6 Å². The van der Waals surface area contributed by atoms with Crippen LogP contribution in [-0.4, -0.2) is 35.3 Å². The van der Waals surface area contributed by atoms with Crippen molar-refractivity contribution < 1.29 is 28.6 Å². The van der Waals surface area contributed by atoms with Crippen molar-refractivity contribution in [1.29, 1.82) is 0 Å². The highest BCUT2D eigenvalue weighted by Gasteiger charge is 2.44. The lowest BCUT2D eigenvalue weighted by Gasteiger charge is -2.27. The van der Waals surface area contributed by atoms with Crippen LogP contribution in [0.4, 0.5) is 0 Å². The molecule has 0 radical (unpaired) electrons. The predicted molar refractivity (Wildman–Crippen MR) is 44.1 cm³/mol. The second-order valence-corrected chi connectivity index (χ2v) is 4.71. The van der Waals surface area contributed by atoms with Gasteiger partial charge in [0.2, 0.25) is 0 Å². The van der Waals surface area contributed by atoms with Crippen LogP contribution in [0, 0.1) is 0 Å². The lowest BCUT2D eigenvalue weighted by molar-refractivity contribution is -0.144. The first-order valence-corrected chi connectivity index (χ1v) is 5.05. The van der Waals surface area contributed by atoms with Gasteiger partial charge in [-0.25, -0.2) is 0 Å². The summed E-state index contributed by atoms with van der Waals surface area (Å²) in [5.74, 6) is -0.729. The molecule has 0 aromatic carbocycles. The number of rotatable bonds is 4. The minimum absolute atomic E-state index is 0.482. The van der Waals surface area contributed by atoms with Gasteiger partial charge in [0, 0.05) is 7.11 Å². The quantitative estimate of drug-likeness (QED) is 0.506. The van der Waals surface area contributed by atoms with Crippen LogP contribution in [0.3, 0.4) is 0 Å². The lowest BCUT2D eigenvalue weighted by Crippen LogP contribution is -2.30. The molecule has 1 atom stereocenters. The molecule has 6 nitrogen and oxygen atoms in total. The van der Waals surface area contributed by atoms with E-state index in [1.165, 1.54) is 0 Å². The van der Waals surface area contributed by atoms with Crippen molar-refractivity contribution in [3.05, 3.63) is 0 Å². The van der Waals surface area contributed by atoms with Crippen molar-refractivity contribution in [2.24, 2.45) is 0 Å². The third kappa shape index (κ3) is 3.08. The minimum Gasteiger partial charge on any atom is -0.469 e. The topological polar surface area (TPSA) is 93.1 Å². The smallest absolute Gasteiger partial charge is 0.357 e. The number of ether oxygens (including phenoxy) is 2. The molecule has 2 N–H and O–H groups in total. The Morgan fingerprint density at radius 1 is 1.46 bits per heavy atom. The summed E-state index contributed by atoms with van der Waals surface area (Å²) in [5, 5.41) is -1.81. The Kier molecular flexibility index (Phi) is 4.06. The third-order valence-corrected chi connectivity index (χ3v) is 3.33. The van der Waals surface area contributed by atoms with Crippen molar-refractivity contribution in [2.75, 3.05) is 14.2 Å². The summed E-state index contributed by atoms with van der Waals surface area (Å²) in [7, 11) is -2.21. The molecule has 0 bridgehead atoms. The van der Waals surface area contributed by atoms with Crippen LogP contribution in [0.15, 0.2) is 0 Å². The van der Waals surface area contributed by atoms with Gasteiger partial charge in [0.1, 0.15) is 0 Å². The van der Waals surface area contributed by atoms with Crippen molar-refractivity contribution in [3.8, 4) is 0 Å². The molecular formula is C6H13O6P. The van der Waals surface area contributed by atoms with Gasteiger partial charge in [-0.3, -0.25) is 9.36 Å². The normalized spacial score (nSPS) is 16.4. The first-order chi connectivity index (χ1) is 5.77. The van der Waals surface area contributed by atoms with E-state index in [1.54, 1.807) is 0 Å². The van der Waals surface area contributed by atoms with E-state index in [4.69, 9.17) is 9.79 Å². The number of carbonyl (C=O) groups is 1. The number of carbonyl (C=O) groups excluding carboxylic acids is 1. The Morgan fingerprint density at radius 3 is 2.15 bits per heavy atom. The highest BCUT2D eigenvalue weighted by molar-refractivity contribution is 7.53. The third-order valence-electron chi connectivity index (χ3n) is 1.76. The maximum absolute atomic E-state index is 10.9. The van der Waals surface area contributed by atoms with Crippen LogP contribution >= 0.6 is 7.60 Å². The van der Waals surface area contributed by atoms with Crippen LogP contribution in [0.25, 0.3) is 0 Å². The van der Waals surface area contributed by atoms with Gasteiger partial charge in [0.05, 0.1) is 13.5 Å². The van der Waals surface area contributed by atoms with Crippen LogP contribution in [0.5, 0.6) is 0 Å².